The Kier molecular flexibility index (Phi) is 5.13. The molecule has 0 amide bonds. The van der Waals surface area contributed by atoms with Gasteiger partial charge >= 0.3 is 0 Å². The van der Waals surface area contributed by atoms with Gasteiger partial charge in [-0.2, -0.15) is 11.8 Å². The van der Waals surface area contributed by atoms with Crippen molar-refractivity contribution in [3.05, 3.63) is 33.9 Å². The van der Waals surface area contributed by atoms with Crippen molar-refractivity contribution in [2.45, 2.75) is 12.2 Å². The number of thioether (sulfide) groups is 1. The summed E-state index contributed by atoms with van der Waals surface area (Å²) in [5, 5.41) is 14.4. The third kappa shape index (κ3) is 3.40. The summed E-state index contributed by atoms with van der Waals surface area (Å²) in [7, 11) is 0. The van der Waals surface area contributed by atoms with Crippen LogP contribution in [0.5, 0.6) is 0 Å². The van der Waals surface area contributed by atoms with E-state index in [4.69, 9.17) is 16.7 Å². The van der Waals surface area contributed by atoms with Gasteiger partial charge in [0, 0.05) is 22.4 Å². The number of aromatic nitrogens is 2. The Morgan fingerprint density at radius 3 is 2.95 bits per heavy atom. The molecule has 0 atom stereocenters. The molecule has 110 valence electrons. The third-order valence-corrected chi connectivity index (χ3v) is 5.99. The van der Waals surface area contributed by atoms with Crippen molar-refractivity contribution < 1.29 is 5.11 Å². The van der Waals surface area contributed by atoms with Gasteiger partial charge in [0.2, 0.25) is 0 Å². The van der Waals surface area contributed by atoms with Crippen molar-refractivity contribution in [1.82, 2.24) is 9.97 Å². The van der Waals surface area contributed by atoms with Gasteiger partial charge in [-0.1, -0.05) is 17.7 Å². The van der Waals surface area contributed by atoms with Gasteiger partial charge in [0.05, 0.1) is 11.1 Å². The summed E-state index contributed by atoms with van der Waals surface area (Å²) in [5.74, 6) is 2.39. The van der Waals surface area contributed by atoms with E-state index in [1.165, 1.54) is 4.88 Å². The van der Waals surface area contributed by atoms with Gasteiger partial charge in [-0.15, -0.1) is 22.7 Å². The van der Waals surface area contributed by atoms with Crippen LogP contribution in [0.25, 0.3) is 20.7 Å². The molecule has 7 heteroatoms. The summed E-state index contributed by atoms with van der Waals surface area (Å²) in [6, 6.07) is 4.12. The third-order valence-electron chi connectivity index (χ3n) is 2.90. The van der Waals surface area contributed by atoms with E-state index >= 15 is 0 Å². The Bertz CT molecular complexity index is 727. The van der Waals surface area contributed by atoms with E-state index in [1.807, 2.05) is 6.07 Å². The highest BCUT2D eigenvalue weighted by atomic mass is 35.5. The van der Waals surface area contributed by atoms with E-state index in [0.717, 1.165) is 39.5 Å². The molecule has 3 rings (SSSR count). The number of hydrogen-bond donors (Lipinski definition) is 1. The number of aliphatic hydroxyl groups is 1. The molecular formula is C14H13ClN2OS3. The van der Waals surface area contributed by atoms with Gasteiger partial charge in [-0.3, -0.25) is 0 Å². The molecule has 0 radical (unpaired) electrons. The molecular weight excluding hydrogens is 344 g/mol. The van der Waals surface area contributed by atoms with Crippen molar-refractivity contribution in [2.75, 3.05) is 12.4 Å². The zero-order chi connectivity index (χ0) is 14.7. The number of thiophene rings is 2. The normalized spacial score (nSPS) is 11.3. The highest BCUT2D eigenvalue weighted by molar-refractivity contribution is 7.98. The number of nitrogens with zero attached hydrogens (tertiary/aromatic N) is 2. The first kappa shape index (κ1) is 15.2. The average Bonchev–Trinajstić information content (AvgIpc) is 3.12. The fourth-order valence-corrected chi connectivity index (χ4v) is 4.86. The van der Waals surface area contributed by atoms with Crippen molar-refractivity contribution >= 4 is 56.3 Å². The molecule has 0 bridgehead atoms. The van der Waals surface area contributed by atoms with Gasteiger partial charge in [0.1, 0.15) is 15.8 Å². The quantitative estimate of drug-likeness (QED) is 0.514. The Hall–Kier alpha value is -0.660. The molecule has 0 aliphatic carbocycles. The van der Waals surface area contributed by atoms with Crippen LogP contribution >= 0.6 is 46.0 Å². The lowest BCUT2D eigenvalue weighted by molar-refractivity contribution is 0.296. The predicted octanol–water partition coefficient (Wildman–Crippen LogP) is 4.69. The molecule has 3 aromatic heterocycles. The van der Waals surface area contributed by atoms with Crippen LogP contribution in [-0.2, 0) is 5.75 Å². The lowest BCUT2D eigenvalue weighted by Gasteiger charge is -2.03. The zero-order valence-electron chi connectivity index (χ0n) is 11.1. The highest BCUT2D eigenvalue weighted by Gasteiger charge is 2.14. The number of rotatable bonds is 6. The van der Waals surface area contributed by atoms with Crippen LogP contribution in [0.4, 0.5) is 0 Å². The Morgan fingerprint density at radius 2 is 2.19 bits per heavy atom. The van der Waals surface area contributed by atoms with Crippen LogP contribution in [0.15, 0.2) is 22.9 Å². The maximum Gasteiger partial charge on any atom is 0.142 e. The molecule has 0 spiro atoms. The average molecular weight is 357 g/mol. The standard InChI is InChI=1S/C14H13ClN2OS3/c15-13-12-9(10-3-1-6-20-10)7-21-14(12)17-11(16-13)8-19-5-2-4-18/h1,3,6-7,18H,2,4-5,8H2. The minimum Gasteiger partial charge on any atom is -0.396 e. The lowest BCUT2D eigenvalue weighted by atomic mass is 10.2. The second-order valence-electron chi connectivity index (χ2n) is 4.37. The van der Waals surface area contributed by atoms with Gasteiger partial charge in [-0.05, 0) is 23.6 Å². The molecule has 1 N–H and O–H groups in total. The van der Waals surface area contributed by atoms with Gasteiger partial charge in [0.25, 0.3) is 0 Å². The molecule has 0 fully saturated rings. The number of aliphatic hydroxyl groups excluding tert-OH is 1. The van der Waals surface area contributed by atoms with Gasteiger partial charge in [-0.25, -0.2) is 9.97 Å². The van der Waals surface area contributed by atoms with Crippen LogP contribution in [0.1, 0.15) is 12.2 Å². The molecule has 0 saturated carbocycles. The van der Waals surface area contributed by atoms with Crippen molar-refractivity contribution in [3.8, 4) is 10.4 Å². The summed E-state index contributed by atoms with van der Waals surface area (Å²) < 4.78 is 0. The monoisotopic (exact) mass is 356 g/mol. The first-order valence-corrected chi connectivity index (χ1v) is 9.75. The SMILES string of the molecule is OCCCSCc1nc(Cl)c2c(-c3cccs3)csc2n1. The first-order chi connectivity index (χ1) is 10.3. The van der Waals surface area contributed by atoms with Gasteiger partial charge < -0.3 is 5.11 Å². The molecule has 0 aliphatic heterocycles. The highest BCUT2D eigenvalue weighted by Crippen LogP contribution is 2.38. The zero-order valence-corrected chi connectivity index (χ0v) is 14.3. The molecule has 3 aromatic rings. The first-order valence-electron chi connectivity index (χ1n) is 6.45. The summed E-state index contributed by atoms with van der Waals surface area (Å²) in [6.07, 6.45) is 0.794. The molecule has 0 unspecified atom stereocenters. The van der Waals surface area contributed by atoms with Crippen LogP contribution in [0.3, 0.4) is 0 Å². The summed E-state index contributed by atoms with van der Waals surface area (Å²) in [5.41, 5.74) is 1.12. The number of fused-ring (bicyclic) bond motifs is 1. The predicted molar refractivity (Wildman–Crippen MR) is 93.6 cm³/mol. The van der Waals surface area contributed by atoms with E-state index in [1.54, 1.807) is 34.4 Å². The molecule has 0 aliphatic rings. The second-order valence-corrected chi connectivity index (χ2v) is 7.64. The fourth-order valence-electron chi connectivity index (χ4n) is 1.95. The summed E-state index contributed by atoms with van der Waals surface area (Å²) in [4.78, 5) is 11.2. The minimum absolute atomic E-state index is 0.225. The topological polar surface area (TPSA) is 46.0 Å². The molecule has 3 nitrogen and oxygen atoms in total. The van der Waals surface area contributed by atoms with Gasteiger partial charge in [0.15, 0.2) is 0 Å². The Morgan fingerprint density at radius 1 is 1.29 bits per heavy atom. The molecule has 0 aromatic carbocycles. The molecule has 0 saturated heterocycles. The largest absolute Gasteiger partial charge is 0.396 e. The summed E-state index contributed by atoms with van der Waals surface area (Å²) in [6.45, 7) is 0.225. The van der Waals surface area contributed by atoms with Crippen LogP contribution < -0.4 is 0 Å². The van der Waals surface area contributed by atoms with E-state index in [2.05, 4.69) is 26.8 Å². The second kappa shape index (κ2) is 7.07. The van der Waals surface area contributed by atoms with E-state index < -0.39 is 0 Å². The Labute approximate surface area is 140 Å². The Balaban J connectivity index is 1.88. The molecule has 3 heterocycles. The summed E-state index contributed by atoms with van der Waals surface area (Å²) >= 11 is 11.4. The van der Waals surface area contributed by atoms with Crippen LogP contribution in [0.2, 0.25) is 5.15 Å². The smallest absolute Gasteiger partial charge is 0.142 e. The van der Waals surface area contributed by atoms with E-state index in [-0.39, 0.29) is 6.61 Å². The van der Waals surface area contributed by atoms with E-state index in [0.29, 0.717) is 5.15 Å². The van der Waals surface area contributed by atoms with Crippen molar-refractivity contribution in [1.29, 1.82) is 0 Å². The maximum atomic E-state index is 8.78. The lowest BCUT2D eigenvalue weighted by Crippen LogP contribution is -1.95. The van der Waals surface area contributed by atoms with Crippen molar-refractivity contribution in [2.24, 2.45) is 0 Å². The van der Waals surface area contributed by atoms with E-state index in [9.17, 15) is 0 Å². The maximum absolute atomic E-state index is 8.78. The number of halogens is 1. The van der Waals surface area contributed by atoms with Crippen LogP contribution in [0, 0.1) is 0 Å². The fraction of sp³-hybridized carbons (Fsp3) is 0.286. The number of hydrogen-bond acceptors (Lipinski definition) is 6. The molecule has 21 heavy (non-hydrogen) atoms. The van der Waals surface area contributed by atoms with Crippen molar-refractivity contribution in [3.63, 3.8) is 0 Å². The minimum atomic E-state index is 0.225. The van der Waals surface area contributed by atoms with Crippen LogP contribution in [-0.4, -0.2) is 27.4 Å².